The first-order valence-corrected chi connectivity index (χ1v) is 8.93. The highest BCUT2D eigenvalue weighted by molar-refractivity contribution is 5.90. The molecule has 0 amide bonds. The lowest BCUT2D eigenvalue weighted by molar-refractivity contribution is -0.119. The number of aliphatic hydroxyl groups excluding tert-OH is 1. The van der Waals surface area contributed by atoms with E-state index in [1.807, 2.05) is 0 Å². The normalized spacial score (nSPS) is 22.4. The van der Waals surface area contributed by atoms with Crippen molar-refractivity contribution in [1.82, 2.24) is 0 Å². The minimum absolute atomic E-state index is 0.0342. The Bertz CT molecular complexity index is 1090. The molecule has 0 bridgehead atoms. The van der Waals surface area contributed by atoms with Gasteiger partial charge in [-0.25, -0.2) is 0 Å². The number of aromatic hydroxyl groups is 3. The highest BCUT2D eigenvalue weighted by atomic mass is 16.5. The fraction of sp³-hybridized carbons (Fsp3) is 0.286. The molecule has 3 aromatic rings. The highest BCUT2D eigenvalue weighted by Gasteiger charge is 2.38. The van der Waals surface area contributed by atoms with Gasteiger partial charge in [-0.2, -0.15) is 0 Å². The lowest BCUT2D eigenvalue weighted by Gasteiger charge is -2.36. The van der Waals surface area contributed by atoms with E-state index in [1.165, 1.54) is 18.2 Å². The fourth-order valence-electron chi connectivity index (χ4n) is 3.66. The van der Waals surface area contributed by atoms with Crippen molar-refractivity contribution in [1.29, 1.82) is 0 Å². The number of hydrogen-bond donors (Lipinski definition) is 4. The Morgan fingerprint density at radius 1 is 1.07 bits per heavy atom. The van der Waals surface area contributed by atoms with Crippen LogP contribution in [-0.2, 0) is 10.3 Å². The summed E-state index contributed by atoms with van der Waals surface area (Å²) in [5.74, 6) is -0.343. The molecule has 28 heavy (non-hydrogen) atoms. The third-order valence-electron chi connectivity index (χ3n) is 5.19. The lowest BCUT2D eigenvalue weighted by atomic mass is 9.85. The van der Waals surface area contributed by atoms with Gasteiger partial charge in [0.25, 0.3) is 0 Å². The monoisotopic (exact) mass is 384 g/mol. The molecule has 2 atom stereocenters. The standard InChI is InChI=1S/C21H20O7/c1-21(7-6-13(23)10-27-21)19-16(26)8-14(24)18-15(25)9-17(28-20(18)19)11-2-4-12(22)5-3-11/h2-5,8-9,13,22-24,26H,6-7,10H2,1H3/t13-,21?/m0/s1. The minimum Gasteiger partial charge on any atom is -0.508 e. The van der Waals surface area contributed by atoms with Gasteiger partial charge in [0, 0.05) is 17.7 Å². The molecule has 0 spiro atoms. The molecule has 0 aliphatic carbocycles. The number of phenols is 3. The molecular formula is C21H20O7. The van der Waals surface area contributed by atoms with Gasteiger partial charge in [-0.1, -0.05) is 0 Å². The summed E-state index contributed by atoms with van der Waals surface area (Å²) in [6.07, 6.45) is 0.257. The van der Waals surface area contributed by atoms with E-state index in [-0.39, 0.29) is 46.1 Å². The Balaban J connectivity index is 1.99. The molecule has 1 aliphatic rings. The molecule has 7 nitrogen and oxygen atoms in total. The van der Waals surface area contributed by atoms with Crippen molar-refractivity contribution < 1.29 is 29.6 Å². The second-order valence-corrected chi connectivity index (χ2v) is 7.25. The zero-order valence-electron chi connectivity index (χ0n) is 15.2. The zero-order valence-corrected chi connectivity index (χ0v) is 15.2. The molecule has 1 unspecified atom stereocenters. The molecule has 1 aromatic heterocycles. The number of ether oxygens (including phenoxy) is 1. The van der Waals surface area contributed by atoms with E-state index >= 15 is 0 Å². The van der Waals surface area contributed by atoms with Crippen LogP contribution >= 0.6 is 0 Å². The van der Waals surface area contributed by atoms with Gasteiger partial charge in [-0.3, -0.25) is 4.79 Å². The predicted octanol–water partition coefficient (Wildman–Crippen LogP) is 2.96. The van der Waals surface area contributed by atoms with E-state index < -0.39 is 17.1 Å². The average molecular weight is 384 g/mol. The molecule has 7 heteroatoms. The van der Waals surface area contributed by atoms with Crippen LogP contribution in [0.25, 0.3) is 22.3 Å². The summed E-state index contributed by atoms with van der Waals surface area (Å²) in [4.78, 5) is 12.7. The van der Waals surface area contributed by atoms with Crippen molar-refractivity contribution in [2.24, 2.45) is 0 Å². The van der Waals surface area contributed by atoms with E-state index in [4.69, 9.17) is 9.15 Å². The van der Waals surface area contributed by atoms with Crippen molar-refractivity contribution in [3.8, 4) is 28.6 Å². The van der Waals surface area contributed by atoms with Gasteiger partial charge in [0.2, 0.25) is 0 Å². The molecule has 2 aromatic carbocycles. The van der Waals surface area contributed by atoms with Gasteiger partial charge >= 0.3 is 0 Å². The third kappa shape index (κ3) is 2.98. The van der Waals surface area contributed by atoms with Crippen LogP contribution in [0.1, 0.15) is 25.3 Å². The highest BCUT2D eigenvalue weighted by Crippen LogP contribution is 2.45. The van der Waals surface area contributed by atoms with Crippen LogP contribution in [0.4, 0.5) is 0 Å². The fourth-order valence-corrected chi connectivity index (χ4v) is 3.66. The first-order chi connectivity index (χ1) is 13.3. The van der Waals surface area contributed by atoms with Gasteiger partial charge in [0.1, 0.15) is 28.4 Å². The van der Waals surface area contributed by atoms with Crippen LogP contribution < -0.4 is 5.43 Å². The number of fused-ring (bicyclic) bond motifs is 1. The Hall–Kier alpha value is -3.03. The smallest absolute Gasteiger partial charge is 0.197 e. The van der Waals surface area contributed by atoms with Crippen LogP contribution in [0.3, 0.4) is 0 Å². The Morgan fingerprint density at radius 2 is 1.79 bits per heavy atom. The minimum atomic E-state index is -1.00. The largest absolute Gasteiger partial charge is 0.508 e. The molecule has 4 rings (SSSR count). The summed E-state index contributed by atoms with van der Waals surface area (Å²) in [6.45, 7) is 1.83. The lowest BCUT2D eigenvalue weighted by Crippen LogP contribution is -2.37. The van der Waals surface area contributed by atoms with Gasteiger partial charge in [-0.15, -0.1) is 0 Å². The van der Waals surface area contributed by atoms with Crippen molar-refractivity contribution in [2.75, 3.05) is 6.61 Å². The Kier molecular flexibility index (Phi) is 4.28. The predicted molar refractivity (Wildman–Crippen MR) is 101 cm³/mol. The number of aliphatic hydroxyl groups is 1. The van der Waals surface area contributed by atoms with E-state index in [9.17, 15) is 25.2 Å². The average Bonchev–Trinajstić information content (AvgIpc) is 2.64. The van der Waals surface area contributed by atoms with Crippen LogP contribution in [0.15, 0.2) is 45.6 Å². The first kappa shape index (κ1) is 18.3. The number of hydrogen-bond acceptors (Lipinski definition) is 7. The summed E-state index contributed by atoms with van der Waals surface area (Å²) in [5, 5.41) is 40.0. The summed E-state index contributed by atoms with van der Waals surface area (Å²) < 4.78 is 11.8. The second-order valence-electron chi connectivity index (χ2n) is 7.25. The van der Waals surface area contributed by atoms with Gasteiger partial charge in [0.15, 0.2) is 11.0 Å². The van der Waals surface area contributed by atoms with Gasteiger partial charge in [-0.05, 0) is 44.0 Å². The van der Waals surface area contributed by atoms with E-state index in [0.29, 0.717) is 18.4 Å². The zero-order chi connectivity index (χ0) is 20.1. The maximum absolute atomic E-state index is 12.7. The molecule has 0 saturated carbocycles. The van der Waals surface area contributed by atoms with Crippen LogP contribution in [0.5, 0.6) is 17.2 Å². The molecule has 4 N–H and O–H groups in total. The molecule has 1 fully saturated rings. The van der Waals surface area contributed by atoms with Crippen molar-refractivity contribution >= 4 is 11.0 Å². The molecule has 0 radical (unpaired) electrons. The van der Waals surface area contributed by atoms with Crippen LogP contribution in [0, 0.1) is 0 Å². The van der Waals surface area contributed by atoms with Crippen molar-refractivity contribution in [2.45, 2.75) is 31.5 Å². The third-order valence-corrected chi connectivity index (χ3v) is 5.19. The first-order valence-electron chi connectivity index (χ1n) is 8.93. The Morgan fingerprint density at radius 3 is 2.43 bits per heavy atom. The molecular weight excluding hydrogens is 364 g/mol. The molecule has 2 heterocycles. The summed E-state index contributed by atoms with van der Waals surface area (Å²) in [5.41, 5.74) is -0.631. The summed E-state index contributed by atoms with van der Waals surface area (Å²) in [6, 6.07) is 8.48. The molecule has 1 saturated heterocycles. The summed E-state index contributed by atoms with van der Waals surface area (Å²) >= 11 is 0. The van der Waals surface area contributed by atoms with E-state index in [0.717, 1.165) is 6.07 Å². The maximum Gasteiger partial charge on any atom is 0.197 e. The quantitative estimate of drug-likeness (QED) is 0.536. The van der Waals surface area contributed by atoms with Crippen molar-refractivity contribution in [3.63, 3.8) is 0 Å². The van der Waals surface area contributed by atoms with Crippen LogP contribution in [-0.4, -0.2) is 33.1 Å². The Labute approximate surface area is 160 Å². The number of rotatable bonds is 2. The molecule has 146 valence electrons. The van der Waals surface area contributed by atoms with Crippen molar-refractivity contribution in [3.05, 3.63) is 52.2 Å². The second kappa shape index (κ2) is 6.54. The van der Waals surface area contributed by atoms with E-state index in [2.05, 4.69) is 0 Å². The topological polar surface area (TPSA) is 120 Å². The van der Waals surface area contributed by atoms with Gasteiger partial charge < -0.3 is 29.6 Å². The molecule has 1 aliphatic heterocycles. The van der Waals surface area contributed by atoms with Crippen LogP contribution in [0.2, 0.25) is 0 Å². The number of benzene rings is 2. The van der Waals surface area contributed by atoms with E-state index in [1.54, 1.807) is 19.1 Å². The van der Waals surface area contributed by atoms with Gasteiger partial charge in [0.05, 0.1) is 23.9 Å². The SMILES string of the molecule is CC1(c2c(O)cc(O)c3c(=O)cc(-c4ccc(O)cc4)oc23)CC[C@H](O)CO1. The maximum atomic E-state index is 12.7. The number of phenolic OH excluding ortho intramolecular Hbond substituents is 3. The summed E-state index contributed by atoms with van der Waals surface area (Å²) in [7, 11) is 0.